The van der Waals surface area contributed by atoms with E-state index in [-0.39, 0.29) is 5.91 Å². The van der Waals surface area contributed by atoms with Crippen LogP contribution >= 0.6 is 23.1 Å². The molecule has 0 aliphatic heterocycles. The maximum Gasteiger partial charge on any atom is 0.288 e. The number of thioether (sulfide) groups is 1. The minimum Gasteiger partial charge on any atom is -0.320 e. The third-order valence-electron chi connectivity index (χ3n) is 2.10. The highest BCUT2D eigenvalue weighted by Gasteiger charge is 2.13. The molecule has 0 saturated carbocycles. The van der Waals surface area contributed by atoms with Gasteiger partial charge in [0.25, 0.3) is 11.7 Å². The van der Waals surface area contributed by atoms with Crippen LogP contribution < -0.4 is 5.32 Å². The van der Waals surface area contributed by atoms with Crippen LogP contribution in [0, 0.1) is 0 Å². The smallest absolute Gasteiger partial charge is 0.288 e. The summed E-state index contributed by atoms with van der Waals surface area (Å²) in [6, 6.07) is 9.96. The summed E-state index contributed by atoms with van der Waals surface area (Å²) in [5.74, 6) is -2.79. The summed E-state index contributed by atoms with van der Waals surface area (Å²) < 4.78 is 24.7. The number of thiophene rings is 1. The Morgan fingerprint density at radius 1 is 1.22 bits per heavy atom. The molecule has 2 rings (SSSR count). The molecule has 0 unspecified atom stereocenters. The molecule has 0 spiro atoms. The minimum atomic E-state index is -2.51. The number of hydrogen-bond donors (Lipinski definition) is 1. The zero-order valence-corrected chi connectivity index (χ0v) is 10.7. The van der Waals surface area contributed by atoms with E-state index in [1.807, 2.05) is 0 Å². The van der Waals surface area contributed by atoms with Crippen molar-refractivity contribution in [2.24, 2.45) is 0 Å². The molecule has 1 aromatic heterocycles. The number of nitrogens with one attached hydrogen (secondary N) is 1. The van der Waals surface area contributed by atoms with E-state index >= 15 is 0 Å². The lowest BCUT2D eigenvalue weighted by Crippen LogP contribution is -2.10. The van der Waals surface area contributed by atoms with Crippen LogP contribution in [0.25, 0.3) is 0 Å². The molecule has 0 aliphatic carbocycles. The SMILES string of the molecule is O=C(Nc1ccccc1SC(F)F)c1cccs1. The first-order valence-corrected chi connectivity index (χ1v) is 6.81. The van der Waals surface area contributed by atoms with E-state index in [2.05, 4.69) is 5.32 Å². The molecule has 0 radical (unpaired) electrons. The first-order chi connectivity index (χ1) is 8.66. The molecule has 2 aromatic rings. The van der Waals surface area contributed by atoms with Gasteiger partial charge in [-0.25, -0.2) is 0 Å². The fourth-order valence-electron chi connectivity index (χ4n) is 1.36. The van der Waals surface area contributed by atoms with E-state index in [4.69, 9.17) is 0 Å². The summed E-state index contributed by atoms with van der Waals surface area (Å²) in [5, 5.41) is 4.42. The molecule has 0 fully saturated rings. The Hall–Kier alpha value is -1.40. The first kappa shape index (κ1) is 13.0. The summed E-state index contributed by atoms with van der Waals surface area (Å²) in [7, 11) is 0. The molecule has 1 N–H and O–H groups in total. The molecule has 0 aliphatic rings. The Morgan fingerprint density at radius 3 is 2.67 bits per heavy atom. The molecule has 1 aromatic carbocycles. The van der Waals surface area contributed by atoms with Crippen molar-refractivity contribution in [2.75, 3.05) is 5.32 Å². The Bertz CT molecular complexity index is 529. The molecule has 1 heterocycles. The van der Waals surface area contributed by atoms with Gasteiger partial charge in [-0.1, -0.05) is 30.0 Å². The molecule has 6 heteroatoms. The lowest BCUT2D eigenvalue weighted by atomic mass is 10.3. The van der Waals surface area contributed by atoms with Gasteiger partial charge >= 0.3 is 0 Å². The highest BCUT2D eigenvalue weighted by Crippen LogP contribution is 2.31. The molecule has 0 bridgehead atoms. The number of rotatable bonds is 4. The standard InChI is InChI=1S/C12H9F2NOS2/c13-12(14)18-9-5-2-1-4-8(9)15-11(16)10-6-3-7-17-10/h1-7,12H,(H,15,16). The Morgan fingerprint density at radius 2 is 2.00 bits per heavy atom. The number of benzene rings is 1. The number of hydrogen-bond acceptors (Lipinski definition) is 3. The predicted molar refractivity (Wildman–Crippen MR) is 70.6 cm³/mol. The van der Waals surface area contributed by atoms with Gasteiger partial charge in [-0.3, -0.25) is 4.79 Å². The third kappa shape index (κ3) is 3.30. The number of anilines is 1. The molecule has 1 amide bonds. The number of para-hydroxylation sites is 1. The van der Waals surface area contributed by atoms with Gasteiger partial charge in [0, 0.05) is 4.90 Å². The molecular formula is C12H9F2NOS2. The van der Waals surface area contributed by atoms with Crippen molar-refractivity contribution in [3.05, 3.63) is 46.7 Å². The summed E-state index contributed by atoms with van der Waals surface area (Å²) >= 11 is 1.72. The van der Waals surface area contributed by atoms with Gasteiger partial charge in [-0.2, -0.15) is 8.78 Å². The Labute approximate surface area is 111 Å². The average Bonchev–Trinajstić information content (AvgIpc) is 2.84. The number of alkyl halides is 2. The van der Waals surface area contributed by atoms with Crippen LogP contribution in [0.5, 0.6) is 0 Å². The third-order valence-corrected chi connectivity index (χ3v) is 3.75. The maximum atomic E-state index is 12.4. The second kappa shape index (κ2) is 5.97. The van der Waals surface area contributed by atoms with Crippen LogP contribution in [0.15, 0.2) is 46.7 Å². The summed E-state index contributed by atoms with van der Waals surface area (Å²) in [4.78, 5) is 12.7. The van der Waals surface area contributed by atoms with E-state index in [0.29, 0.717) is 27.2 Å². The van der Waals surface area contributed by atoms with Crippen molar-refractivity contribution in [3.8, 4) is 0 Å². The Balaban J connectivity index is 2.16. The van der Waals surface area contributed by atoms with Gasteiger partial charge in [0.2, 0.25) is 0 Å². The van der Waals surface area contributed by atoms with Crippen molar-refractivity contribution in [2.45, 2.75) is 10.7 Å². The maximum absolute atomic E-state index is 12.4. The zero-order chi connectivity index (χ0) is 13.0. The summed E-state index contributed by atoms with van der Waals surface area (Å²) in [5.41, 5.74) is 0.404. The highest BCUT2D eigenvalue weighted by molar-refractivity contribution is 7.99. The van der Waals surface area contributed by atoms with Crippen molar-refractivity contribution in [3.63, 3.8) is 0 Å². The van der Waals surface area contributed by atoms with E-state index in [1.54, 1.807) is 41.8 Å². The van der Waals surface area contributed by atoms with Crippen LogP contribution in [0.1, 0.15) is 9.67 Å². The second-order valence-electron chi connectivity index (χ2n) is 3.31. The van der Waals surface area contributed by atoms with Crippen LogP contribution in [0.2, 0.25) is 0 Å². The lowest BCUT2D eigenvalue weighted by molar-refractivity contribution is 0.103. The van der Waals surface area contributed by atoms with Gasteiger partial charge < -0.3 is 5.32 Å². The van der Waals surface area contributed by atoms with E-state index in [0.717, 1.165) is 0 Å². The summed E-state index contributed by atoms with van der Waals surface area (Å²) in [6.45, 7) is 0. The number of carbonyl (C=O) groups is 1. The molecule has 2 nitrogen and oxygen atoms in total. The predicted octanol–water partition coefficient (Wildman–Crippen LogP) is 4.32. The Kier molecular flexibility index (Phi) is 4.33. The minimum absolute atomic E-state index is 0.285. The van der Waals surface area contributed by atoms with Crippen LogP contribution in [-0.2, 0) is 0 Å². The van der Waals surface area contributed by atoms with Crippen molar-refractivity contribution in [1.82, 2.24) is 0 Å². The van der Waals surface area contributed by atoms with E-state index in [9.17, 15) is 13.6 Å². The average molecular weight is 285 g/mol. The fourth-order valence-corrected chi connectivity index (χ4v) is 2.57. The largest absolute Gasteiger partial charge is 0.320 e. The zero-order valence-electron chi connectivity index (χ0n) is 9.10. The van der Waals surface area contributed by atoms with Gasteiger partial charge in [-0.05, 0) is 23.6 Å². The highest BCUT2D eigenvalue weighted by atomic mass is 32.2. The molecule has 18 heavy (non-hydrogen) atoms. The molecule has 0 saturated heterocycles. The van der Waals surface area contributed by atoms with Gasteiger partial charge in [-0.15, -0.1) is 11.3 Å². The quantitative estimate of drug-likeness (QED) is 0.848. The topological polar surface area (TPSA) is 29.1 Å². The number of halogens is 2. The van der Waals surface area contributed by atoms with Gasteiger partial charge in [0.15, 0.2) is 0 Å². The number of carbonyl (C=O) groups excluding carboxylic acids is 1. The van der Waals surface area contributed by atoms with E-state index in [1.165, 1.54) is 11.3 Å². The van der Waals surface area contributed by atoms with Crippen molar-refractivity contribution < 1.29 is 13.6 Å². The van der Waals surface area contributed by atoms with E-state index < -0.39 is 5.76 Å². The normalized spacial score (nSPS) is 10.6. The van der Waals surface area contributed by atoms with Gasteiger partial charge in [0.05, 0.1) is 10.6 Å². The molecular weight excluding hydrogens is 276 g/mol. The van der Waals surface area contributed by atoms with Crippen molar-refractivity contribution in [1.29, 1.82) is 0 Å². The fraction of sp³-hybridized carbons (Fsp3) is 0.0833. The van der Waals surface area contributed by atoms with Crippen LogP contribution in [0.4, 0.5) is 14.5 Å². The van der Waals surface area contributed by atoms with Crippen molar-refractivity contribution >= 4 is 34.7 Å². The monoisotopic (exact) mass is 285 g/mol. The first-order valence-electron chi connectivity index (χ1n) is 5.05. The van der Waals surface area contributed by atoms with Crippen LogP contribution in [-0.4, -0.2) is 11.7 Å². The molecule has 0 atom stereocenters. The van der Waals surface area contributed by atoms with Gasteiger partial charge in [0.1, 0.15) is 0 Å². The second-order valence-corrected chi connectivity index (χ2v) is 5.29. The summed E-state index contributed by atoms with van der Waals surface area (Å²) in [6.07, 6.45) is 0. The number of amides is 1. The van der Waals surface area contributed by atoms with Crippen LogP contribution in [0.3, 0.4) is 0 Å². The lowest BCUT2D eigenvalue weighted by Gasteiger charge is -2.09. The molecule has 94 valence electrons.